The van der Waals surface area contributed by atoms with E-state index >= 15 is 0 Å². The van der Waals surface area contributed by atoms with Crippen LogP contribution in [0.2, 0.25) is 0 Å². The van der Waals surface area contributed by atoms with Crippen molar-refractivity contribution in [2.24, 2.45) is 5.73 Å². The van der Waals surface area contributed by atoms with E-state index in [1.54, 1.807) is 24.3 Å². The summed E-state index contributed by atoms with van der Waals surface area (Å²) in [6.45, 7) is 0.143. The van der Waals surface area contributed by atoms with Gasteiger partial charge in [-0.05, 0) is 30.2 Å². The Bertz CT molecular complexity index is 720. The molecule has 0 aromatic heterocycles. The number of amides is 2. The third-order valence-electron chi connectivity index (χ3n) is 3.59. The van der Waals surface area contributed by atoms with E-state index in [2.05, 4.69) is 0 Å². The van der Waals surface area contributed by atoms with E-state index in [0.717, 1.165) is 6.07 Å². The minimum Gasteiger partial charge on any atom is -0.370 e. The van der Waals surface area contributed by atoms with Gasteiger partial charge in [-0.15, -0.1) is 0 Å². The average molecular weight is 332 g/mol. The lowest BCUT2D eigenvalue weighted by molar-refractivity contribution is -0.119. The van der Waals surface area contributed by atoms with E-state index in [1.807, 2.05) is 6.07 Å². The van der Waals surface area contributed by atoms with Crippen molar-refractivity contribution in [3.63, 3.8) is 0 Å². The molecule has 126 valence electrons. The Morgan fingerprint density at radius 1 is 0.958 bits per heavy atom. The third-order valence-corrected chi connectivity index (χ3v) is 3.59. The molecule has 0 fully saturated rings. The highest BCUT2D eigenvalue weighted by Gasteiger charge is 2.17. The molecule has 6 heteroatoms. The van der Waals surface area contributed by atoms with Crippen LogP contribution in [-0.2, 0) is 16.0 Å². The number of nitrogens with two attached hydrogens (primary N) is 1. The lowest BCUT2D eigenvalue weighted by Gasteiger charge is -2.22. The molecule has 2 aromatic rings. The standard InChI is InChI=1S/C18H18F2N2O2/c19-15-8-4-5-13(18(15)20)9-10-17(24)22(12-11-16(21)23)14-6-2-1-3-7-14/h1-8H,9-12H2,(H2,21,23). The van der Waals surface area contributed by atoms with Crippen LogP contribution in [0, 0.1) is 11.6 Å². The van der Waals surface area contributed by atoms with Crippen molar-refractivity contribution in [2.45, 2.75) is 19.3 Å². The monoisotopic (exact) mass is 332 g/mol. The second-order valence-electron chi connectivity index (χ2n) is 5.31. The number of aryl methyl sites for hydroxylation is 1. The van der Waals surface area contributed by atoms with Gasteiger partial charge in [0.15, 0.2) is 11.6 Å². The number of halogens is 2. The number of nitrogens with zero attached hydrogens (tertiary/aromatic N) is 1. The van der Waals surface area contributed by atoms with Crippen LogP contribution in [0.1, 0.15) is 18.4 Å². The first kappa shape index (κ1) is 17.6. The summed E-state index contributed by atoms with van der Waals surface area (Å²) in [4.78, 5) is 24.9. The van der Waals surface area contributed by atoms with Gasteiger partial charge >= 0.3 is 0 Å². The Morgan fingerprint density at radius 2 is 1.67 bits per heavy atom. The van der Waals surface area contributed by atoms with Crippen LogP contribution < -0.4 is 10.6 Å². The normalized spacial score (nSPS) is 10.4. The molecule has 2 aromatic carbocycles. The molecular formula is C18H18F2N2O2. The van der Waals surface area contributed by atoms with Gasteiger partial charge in [0.25, 0.3) is 0 Å². The van der Waals surface area contributed by atoms with Crippen molar-refractivity contribution in [1.82, 2.24) is 0 Å². The minimum absolute atomic E-state index is 0.00592. The van der Waals surface area contributed by atoms with E-state index in [1.165, 1.54) is 17.0 Å². The van der Waals surface area contributed by atoms with E-state index < -0.39 is 17.5 Å². The summed E-state index contributed by atoms with van der Waals surface area (Å²) in [7, 11) is 0. The van der Waals surface area contributed by atoms with Crippen LogP contribution in [0.25, 0.3) is 0 Å². The van der Waals surface area contributed by atoms with Crippen LogP contribution in [0.15, 0.2) is 48.5 Å². The van der Waals surface area contributed by atoms with Gasteiger partial charge < -0.3 is 10.6 Å². The number of hydrogen-bond donors (Lipinski definition) is 1. The quantitative estimate of drug-likeness (QED) is 0.847. The van der Waals surface area contributed by atoms with Crippen molar-refractivity contribution in [3.05, 3.63) is 65.7 Å². The fourth-order valence-corrected chi connectivity index (χ4v) is 2.35. The van der Waals surface area contributed by atoms with Crippen molar-refractivity contribution in [2.75, 3.05) is 11.4 Å². The minimum atomic E-state index is -0.936. The molecule has 24 heavy (non-hydrogen) atoms. The van der Waals surface area contributed by atoms with Gasteiger partial charge in [-0.25, -0.2) is 8.78 Å². The molecular weight excluding hydrogens is 314 g/mol. The second kappa shape index (κ2) is 8.19. The van der Waals surface area contributed by atoms with E-state index in [4.69, 9.17) is 5.73 Å². The van der Waals surface area contributed by atoms with Gasteiger partial charge in [0.05, 0.1) is 0 Å². The number of para-hydroxylation sites is 1. The van der Waals surface area contributed by atoms with Gasteiger partial charge in [-0.1, -0.05) is 30.3 Å². The summed E-state index contributed by atoms with van der Waals surface area (Å²) in [5.74, 6) is -2.67. The average Bonchev–Trinajstić information content (AvgIpc) is 2.57. The molecule has 0 heterocycles. The second-order valence-corrected chi connectivity index (χ2v) is 5.31. The number of anilines is 1. The molecule has 0 spiro atoms. The molecule has 2 amide bonds. The van der Waals surface area contributed by atoms with Crippen LogP contribution in [0.4, 0.5) is 14.5 Å². The van der Waals surface area contributed by atoms with Crippen LogP contribution in [0.5, 0.6) is 0 Å². The summed E-state index contributed by atoms with van der Waals surface area (Å²) >= 11 is 0. The van der Waals surface area contributed by atoms with Gasteiger partial charge in [-0.2, -0.15) is 0 Å². The Labute approximate surface area is 138 Å². The molecule has 0 aliphatic rings. The van der Waals surface area contributed by atoms with Crippen LogP contribution >= 0.6 is 0 Å². The van der Waals surface area contributed by atoms with Gasteiger partial charge in [-0.3, -0.25) is 9.59 Å². The Balaban J connectivity index is 2.10. The lowest BCUT2D eigenvalue weighted by Crippen LogP contribution is -2.34. The summed E-state index contributed by atoms with van der Waals surface area (Å²) in [6, 6.07) is 12.7. The fraction of sp³-hybridized carbons (Fsp3) is 0.222. The van der Waals surface area contributed by atoms with Gasteiger partial charge in [0.2, 0.25) is 11.8 Å². The summed E-state index contributed by atoms with van der Waals surface area (Å²) in [6.07, 6.45) is 0.0886. The molecule has 0 unspecified atom stereocenters. The zero-order valence-electron chi connectivity index (χ0n) is 13.0. The Kier molecular flexibility index (Phi) is 6.01. The largest absolute Gasteiger partial charge is 0.370 e. The fourth-order valence-electron chi connectivity index (χ4n) is 2.35. The van der Waals surface area contributed by atoms with Gasteiger partial charge in [0.1, 0.15) is 0 Å². The highest BCUT2D eigenvalue weighted by Crippen LogP contribution is 2.18. The summed E-state index contributed by atoms with van der Waals surface area (Å²) in [5.41, 5.74) is 5.93. The third kappa shape index (κ3) is 4.62. The van der Waals surface area contributed by atoms with Crippen LogP contribution in [-0.4, -0.2) is 18.4 Å². The highest BCUT2D eigenvalue weighted by atomic mass is 19.2. The maximum atomic E-state index is 13.7. The molecule has 0 atom stereocenters. The summed E-state index contributed by atoms with van der Waals surface area (Å²) < 4.78 is 26.9. The predicted octanol–water partition coefficient (Wildman–Crippen LogP) is 2.81. The maximum absolute atomic E-state index is 13.7. The molecule has 2 N–H and O–H groups in total. The van der Waals surface area contributed by atoms with Crippen LogP contribution in [0.3, 0.4) is 0 Å². The molecule has 0 radical (unpaired) electrons. The van der Waals surface area contributed by atoms with Gasteiger partial charge in [0, 0.05) is 25.1 Å². The molecule has 0 saturated heterocycles. The topological polar surface area (TPSA) is 63.4 Å². The zero-order valence-corrected chi connectivity index (χ0v) is 13.0. The van der Waals surface area contributed by atoms with E-state index in [0.29, 0.717) is 5.69 Å². The number of primary amides is 1. The number of hydrogen-bond acceptors (Lipinski definition) is 2. The number of benzene rings is 2. The molecule has 0 saturated carbocycles. The molecule has 4 nitrogen and oxygen atoms in total. The number of carbonyl (C=O) groups is 2. The van der Waals surface area contributed by atoms with Crippen molar-refractivity contribution >= 4 is 17.5 Å². The smallest absolute Gasteiger partial charge is 0.227 e. The van der Waals surface area contributed by atoms with E-state index in [9.17, 15) is 18.4 Å². The number of carbonyl (C=O) groups excluding carboxylic acids is 2. The van der Waals surface area contributed by atoms with Crippen molar-refractivity contribution in [1.29, 1.82) is 0 Å². The Hall–Kier alpha value is -2.76. The molecule has 0 bridgehead atoms. The zero-order chi connectivity index (χ0) is 17.5. The first-order valence-corrected chi connectivity index (χ1v) is 7.55. The van der Waals surface area contributed by atoms with Crippen molar-refractivity contribution in [3.8, 4) is 0 Å². The lowest BCUT2D eigenvalue weighted by atomic mass is 10.1. The number of rotatable bonds is 7. The summed E-state index contributed by atoms with van der Waals surface area (Å²) in [5, 5.41) is 0. The molecule has 0 aliphatic heterocycles. The first-order chi connectivity index (χ1) is 11.5. The SMILES string of the molecule is NC(=O)CCN(C(=O)CCc1cccc(F)c1F)c1ccccc1. The van der Waals surface area contributed by atoms with E-state index in [-0.39, 0.29) is 37.3 Å². The molecule has 2 rings (SSSR count). The predicted molar refractivity (Wildman–Crippen MR) is 87.3 cm³/mol. The first-order valence-electron chi connectivity index (χ1n) is 7.55. The Morgan fingerprint density at radius 3 is 2.33 bits per heavy atom. The van der Waals surface area contributed by atoms with Crippen molar-refractivity contribution < 1.29 is 18.4 Å². The maximum Gasteiger partial charge on any atom is 0.227 e. The highest BCUT2D eigenvalue weighted by molar-refractivity contribution is 5.94. The molecule has 0 aliphatic carbocycles.